The molecule has 7 heteroatoms. The lowest BCUT2D eigenvalue weighted by atomic mass is 10.1. The van der Waals surface area contributed by atoms with Crippen molar-refractivity contribution in [2.75, 3.05) is 20.2 Å². The molecule has 0 saturated carbocycles. The summed E-state index contributed by atoms with van der Waals surface area (Å²) in [6, 6.07) is 18.5. The van der Waals surface area contributed by atoms with Crippen LogP contribution in [0, 0.1) is 11.6 Å². The van der Waals surface area contributed by atoms with Gasteiger partial charge in [-0.3, -0.25) is 4.79 Å². The fraction of sp³-hybridized carbons (Fsp3) is 0.240. The summed E-state index contributed by atoms with van der Waals surface area (Å²) in [4.78, 5) is 14.6. The van der Waals surface area contributed by atoms with Gasteiger partial charge in [0.25, 0.3) is 5.91 Å². The molecular weight excluding hydrogens is 414 g/mol. The van der Waals surface area contributed by atoms with E-state index in [1.54, 1.807) is 18.2 Å². The van der Waals surface area contributed by atoms with Gasteiger partial charge in [0, 0.05) is 24.2 Å². The van der Waals surface area contributed by atoms with Crippen molar-refractivity contribution in [3.05, 3.63) is 95.1 Å². The second-order valence-electron chi connectivity index (χ2n) is 7.22. The number of ether oxygens (including phenoxy) is 2. The minimum atomic E-state index is -0.958. The van der Waals surface area contributed by atoms with Crippen LogP contribution in [-0.2, 0) is 13.2 Å². The highest BCUT2D eigenvalue weighted by atomic mass is 19.2. The summed E-state index contributed by atoms with van der Waals surface area (Å²) in [7, 11) is 1.49. The predicted octanol–water partition coefficient (Wildman–Crippen LogP) is 4.54. The van der Waals surface area contributed by atoms with Crippen molar-refractivity contribution in [2.24, 2.45) is 5.73 Å². The molecule has 0 heterocycles. The Labute approximate surface area is 186 Å². The van der Waals surface area contributed by atoms with E-state index < -0.39 is 11.6 Å². The van der Waals surface area contributed by atoms with Crippen molar-refractivity contribution >= 4 is 5.91 Å². The number of nitrogens with zero attached hydrogens (tertiary/aromatic N) is 1. The summed E-state index contributed by atoms with van der Waals surface area (Å²) < 4.78 is 39.0. The van der Waals surface area contributed by atoms with Crippen molar-refractivity contribution in [3.8, 4) is 11.5 Å². The first-order valence-corrected chi connectivity index (χ1v) is 10.3. The Morgan fingerprint density at radius 3 is 2.50 bits per heavy atom. The maximum Gasteiger partial charge on any atom is 0.254 e. The summed E-state index contributed by atoms with van der Waals surface area (Å²) in [6.45, 7) is 0.952. The number of carbonyl (C=O) groups is 1. The molecule has 5 nitrogen and oxygen atoms in total. The van der Waals surface area contributed by atoms with Crippen LogP contribution in [0.15, 0.2) is 66.7 Å². The standard InChI is InChI=1S/C25H26F2N2O3/c1-31-23-15-19(11-12-22(23)32-17-18-7-3-2-4-8-18)25(30)29(14-6-13-28)16-20-9-5-10-21(26)24(20)27/h2-5,7-12,15H,6,13-14,16-17,28H2,1H3. The number of nitrogens with two attached hydrogens (primary N) is 1. The van der Waals surface area contributed by atoms with Gasteiger partial charge < -0.3 is 20.1 Å². The van der Waals surface area contributed by atoms with Crippen LogP contribution in [0.5, 0.6) is 11.5 Å². The summed E-state index contributed by atoms with van der Waals surface area (Å²) in [5.41, 5.74) is 7.05. The Bertz CT molecular complexity index is 1040. The number of carbonyl (C=O) groups excluding carboxylic acids is 1. The molecule has 168 valence electrons. The van der Waals surface area contributed by atoms with E-state index in [4.69, 9.17) is 15.2 Å². The smallest absolute Gasteiger partial charge is 0.254 e. The van der Waals surface area contributed by atoms with E-state index in [0.717, 1.165) is 11.6 Å². The first kappa shape index (κ1) is 23.2. The second kappa shape index (κ2) is 11.2. The van der Waals surface area contributed by atoms with Crippen LogP contribution in [-0.4, -0.2) is 31.0 Å². The first-order valence-electron chi connectivity index (χ1n) is 10.3. The zero-order valence-electron chi connectivity index (χ0n) is 17.9. The third-order valence-electron chi connectivity index (χ3n) is 4.96. The maximum absolute atomic E-state index is 14.2. The van der Waals surface area contributed by atoms with E-state index in [9.17, 15) is 13.6 Å². The number of halogens is 2. The lowest BCUT2D eigenvalue weighted by Crippen LogP contribution is -2.33. The Kier molecular flexibility index (Phi) is 8.16. The van der Waals surface area contributed by atoms with Crippen LogP contribution in [0.2, 0.25) is 0 Å². The Hall–Kier alpha value is -3.45. The molecule has 0 fully saturated rings. The second-order valence-corrected chi connectivity index (χ2v) is 7.22. The molecule has 0 spiro atoms. The number of hydrogen-bond acceptors (Lipinski definition) is 4. The normalized spacial score (nSPS) is 10.6. The highest BCUT2D eigenvalue weighted by molar-refractivity contribution is 5.95. The lowest BCUT2D eigenvalue weighted by Gasteiger charge is -2.23. The molecule has 0 atom stereocenters. The fourth-order valence-corrected chi connectivity index (χ4v) is 3.25. The SMILES string of the molecule is COc1cc(C(=O)N(CCCN)Cc2cccc(F)c2F)ccc1OCc1ccccc1. The average Bonchev–Trinajstić information content (AvgIpc) is 2.83. The molecule has 0 aliphatic rings. The van der Waals surface area contributed by atoms with Crippen molar-refractivity contribution < 1.29 is 23.0 Å². The van der Waals surface area contributed by atoms with Gasteiger partial charge in [-0.1, -0.05) is 42.5 Å². The number of hydrogen-bond donors (Lipinski definition) is 1. The van der Waals surface area contributed by atoms with Gasteiger partial charge in [-0.15, -0.1) is 0 Å². The summed E-state index contributed by atoms with van der Waals surface area (Å²) in [5, 5.41) is 0. The topological polar surface area (TPSA) is 64.8 Å². The Morgan fingerprint density at radius 2 is 1.78 bits per heavy atom. The Balaban J connectivity index is 1.79. The minimum absolute atomic E-state index is 0.0724. The van der Waals surface area contributed by atoms with Crippen LogP contribution in [0.25, 0.3) is 0 Å². The van der Waals surface area contributed by atoms with E-state index in [1.807, 2.05) is 30.3 Å². The quantitative estimate of drug-likeness (QED) is 0.503. The molecule has 0 aliphatic carbocycles. The number of amides is 1. The predicted molar refractivity (Wildman–Crippen MR) is 119 cm³/mol. The monoisotopic (exact) mass is 440 g/mol. The van der Waals surface area contributed by atoms with E-state index >= 15 is 0 Å². The van der Waals surface area contributed by atoms with Crippen molar-refractivity contribution in [3.63, 3.8) is 0 Å². The molecule has 0 saturated heterocycles. The van der Waals surface area contributed by atoms with Gasteiger partial charge in [-0.05, 0) is 42.8 Å². The molecule has 3 aromatic carbocycles. The molecule has 2 N–H and O–H groups in total. The molecule has 0 bridgehead atoms. The average molecular weight is 440 g/mol. The maximum atomic E-state index is 14.2. The first-order chi connectivity index (χ1) is 15.5. The summed E-state index contributed by atoms with van der Waals surface area (Å²) in [6.07, 6.45) is 0.526. The van der Waals surface area contributed by atoms with E-state index in [-0.39, 0.29) is 18.0 Å². The van der Waals surface area contributed by atoms with Crippen LogP contribution in [0.3, 0.4) is 0 Å². The molecule has 1 amide bonds. The van der Waals surface area contributed by atoms with E-state index in [0.29, 0.717) is 43.2 Å². The molecule has 3 aromatic rings. The third-order valence-corrected chi connectivity index (χ3v) is 4.96. The molecule has 3 rings (SSSR count). The zero-order valence-corrected chi connectivity index (χ0v) is 17.9. The molecule has 0 radical (unpaired) electrons. The van der Waals surface area contributed by atoms with Gasteiger partial charge in [0.15, 0.2) is 23.1 Å². The highest BCUT2D eigenvalue weighted by Gasteiger charge is 2.20. The van der Waals surface area contributed by atoms with Gasteiger partial charge in [-0.25, -0.2) is 8.78 Å². The van der Waals surface area contributed by atoms with Crippen LogP contribution >= 0.6 is 0 Å². The largest absolute Gasteiger partial charge is 0.493 e. The summed E-state index contributed by atoms with van der Waals surface area (Å²) >= 11 is 0. The number of rotatable bonds is 10. The van der Waals surface area contributed by atoms with Gasteiger partial charge in [0.2, 0.25) is 0 Å². The minimum Gasteiger partial charge on any atom is -0.493 e. The molecule has 0 unspecified atom stereocenters. The number of benzene rings is 3. The molecule has 0 aliphatic heterocycles. The van der Waals surface area contributed by atoms with Crippen LogP contribution in [0.4, 0.5) is 8.78 Å². The Morgan fingerprint density at radius 1 is 1.00 bits per heavy atom. The summed E-state index contributed by atoms with van der Waals surface area (Å²) in [5.74, 6) is -1.34. The van der Waals surface area contributed by atoms with Crippen LogP contribution in [0.1, 0.15) is 27.9 Å². The van der Waals surface area contributed by atoms with Gasteiger partial charge in [0.1, 0.15) is 6.61 Å². The number of methoxy groups -OCH3 is 1. The van der Waals surface area contributed by atoms with Gasteiger partial charge in [-0.2, -0.15) is 0 Å². The van der Waals surface area contributed by atoms with Gasteiger partial charge >= 0.3 is 0 Å². The van der Waals surface area contributed by atoms with E-state index in [2.05, 4.69) is 0 Å². The third kappa shape index (κ3) is 5.82. The zero-order chi connectivity index (χ0) is 22.9. The lowest BCUT2D eigenvalue weighted by molar-refractivity contribution is 0.0740. The fourth-order valence-electron chi connectivity index (χ4n) is 3.25. The highest BCUT2D eigenvalue weighted by Crippen LogP contribution is 2.29. The van der Waals surface area contributed by atoms with Crippen LogP contribution < -0.4 is 15.2 Å². The van der Waals surface area contributed by atoms with Gasteiger partial charge in [0.05, 0.1) is 7.11 Å². The van der Waals surface area contributed by atoms with Crippen molar-refractivity contribution in [2.45, 2.75) is 19.6 Å². The van der Waals surface area contributed by atoms with Crippen molar-refractivity contribution in [1.82, 2.24) is 4.90 Å². The van der Waals surface area contributed by atoms with Crippen molar-refractivity contribution in [1.29, 1.82) is 0 Å². The van der Waals surface area contributed by atoms with E-state index in [1.165, 1.54) is 24.1 Å². The molecular formula is C25H26F2N2O3. The molecule has 32 heavy (non-hydrogen) atoms. The molecule has 0 aromatic heterocycles.